The third-order valence-corrected chi connectivity index (χ3v) is 6.15. The molecule has 0 aromatic heterocycles. The number of hydrogen-bond donors (Lipinski definition) is 1. The number of hydrogen-bond acceptors (Lipinski definition) is 5. The van der Waals surface area contributed by atoms with Crippen LogP contribution in [-0.4, -0.2) is 83.2 Å². The number of ether oxygens (including phenoxy) is 2. The Balaban J connectivity index is 1.74. The van der Waals surface area contributed by atoms with Crippen LogP contribution in [0.25, 0.3) is 0 Å². The highest BCUT2D eigenvalue weighted by atomic mass is 32.2. The highest BCUT2D eigenvalue weighted by Crippen LogP contribution is 2.21. The molecule has 7 nitrogen and oxygen atoms in total. The summed E-state index contributed by atoms with van der Waals surface area (Å²) < 4.78 is 38.4. The van der Waals surface area contributed by atoms with Crippen LogP contribution >= 0.6 is 0 Å². The molecule has 2 fully saturated rings. The Kier molecular flexibility index (Phi) is 6.84. The predicted octanol–water partition coefficient (Wildman–Crippen LogP) is -0.489. The molecule has 2 aliphatic rings. The molecule has 8 heteroatoms. The van der Waals surface area contributed by atoms with Crippen molar-refractivity contribution in [3.63, 3.8) is 0 Å². The van der Waals surface area contributed by atoms with Crippen LogP contribution < -0.4 is 5.32 Å². The van der Waals surface area contributed by atoms with Gasteiger partial charge in [-0.25, -0.2) is 0 Å². The second-order valence-electron chi connectivity index (χ2n) is 5.56. The zero-order valence-corrected chi connectivity index (χ0v) is 13.6. The second kappa shape index (κ2) is 8.40. The van der Waals surface area contributed by atoms with E-state index in [1.165, 1.54) is 0 Å². The highest BCUT2D eigenvalue weighted by molar-refractivity contribution is 7.86. The van der Waals surface area contributed by atoms with Crippen LogP contribution in [-0.2, 0) is 19.7 Å². The summed E-state index contributed by atoms with van der Waals surface area (Å²) in [6.07, 6.45) is 1.84. The first-order valence-corrected chi connectivity index (χ1v) is 9.07. The molecule has 0 spiro atoms. The minimum absolute atomic E-state index is 0.473. The molecule has 0 atom stereocenters. The lowest BCUT2D eigenvalue weighted by Crippen LogP contribution is -2.51. The fourth-order valence-corrected chi connectivity index (χ4v) is 4.37. The van der Waals surface area contributed by atoms with Gasteiger partial charge in [-0.05, 0) is 25.3 Å². The van der Waals surface area contributed by atoms with Crippen molar-refractivity contribution in [1.29, 1.82) is 0 Å². The molecule has 2 saturated heterocycles. The van der Waals surface area contributed by atoms with Crippen LogP contribution in [0.15, 0.2) is 0 Å². The van der Waals surface area contributed by atoms with Crippen LogP contribution in [0.2, 0.25) is 0 Å². The molecule has 0 aliphatic carbocycles. The summed E-state index contributed by atoms with van der Waals surface area (Å²) in [6, 6.07) is 0. The van der Waals surface area contributed by atoms with Gasteiger partial charge in [-0.1, -0.05) is 0 Å². The van der Waals surface area contributed by atoms with Crippen molar-refractivity contribution in [2.24, 2.45) is 5.92 Å². The van der Waals surface area contributed by atoms with Gasteiger partial charge in [0.25, 0.3) is 10.2 Å². The summed E-state index contributed by atoms with van der Waals surface area (Å²) in [7, 11) is -1.60. The van der Waals surface area contributed by atoms with Crippen LogP contribution in [0, 0.1) is 5.92 Å². The molecule has 2 rings (SSSR count). The maximum Gasteiger partial charge on any atom is 0.282 e. The number of methoxy groups -OCH3 is 1. The van der Waals surface area contributed by atoms with Gasteiger partial charge in [-0.3, -0.25) is 0 Å². The normalized spacial score (nSPS) is 23.5. The van der Waals surface area contributed by atoms with E-state index in [0.717, 1.165) is 25.9 Å². The predicted molar refractivity (Wildman–Crippen MR) is 80.4 cm³/mol. The van der Waals surface area contributed by atoms with Crippen molar-refractivity contribution >= 4 is 10.2 Å². The largest absolute Gasteiger partial charge is 0.383 e. The number of nitrogens with one attached hydrogen (secondary N) is 1. The topological polar surface area (TPSA) is 71.1 Å². The molecule has 0 radical (unpaired) electrons. The van der Waals surface area contributed by atoms with Crippen molar-refractivity contribution in [2.45, 2.75) is 12.8 Å². The van der Waals surface area contributed by atoms with E-state index in [-0.39, 0.29) is 0 Å². The van der Waals surface area contributed by atoms with Gasteiger partial charge in [0, 0.05) is 39.8 Å². The Morgan fingerprint density at radius 2 is 1.76 bits per heavy atom. The van der Waals surface area contributed by atoms with E-state index in [1.807, 2.05) is 0 Å². The summed E-state index contributed by atoms with van der Waals surface area (Å²) in [5, 5.41) is 3.35. The van der Waals surface area contributed by atoms with Crippen LogP contribution in [0.3, 0.4) is 0 Å². The molecule has 2 aliphatic heterocycles. The van der Waals surface area contributed by atoms with E-state index in [1.54, 1.807) is 15.7 Å². The molecular weight excluding hydrogens is 294 g/mol. The van der Waals surface area contributed by atoms with Gasteiger partial charge in [0.05, 0.1) is 19.8 Å². The van der Waals surface area contributed by atoms with Crippen molar-refractivity contribution in [3.8, 4) is 0 Å². The molecule has 0 amide bonds. The number of morpholine rings is 1. The average Bonchev–Trinajstić information content (AvgIpc) is 2.53. The van der Waals surface area contributed by atoms with E-state index in [0.29, 0.717) is 51.9 Å². The quantitative estimate of drug-likeness (QED) is 0.641. The van der Waals surface area contributed by atoms with Gasteiger partial charge in [-0.15, -0.1) is 0 Å². The van der Waals surface area contributed by atoms with Crippen LogP contribution in [0.5, 0.6) is 0 Å². The van der Waals surface area contributed by atoms with Gasteiger partial charge in [-0.2, -0.15) is 17.0 Å². The lowest BCUT2D eigenvalue weighted by Gasteiger charge is -2.36. The monoisotopic (exact) mass is 321 g/mol. The fourth-order valence-electron chi connectivity index (χ4n) is 2.77. The zero-order chi connectivity index (χ0) is 15.1. The standard InChI is InChI=1S/C13H27N3O4S/c1-19-9-4-14-12-13-2-5-15(6-3-13)21(17,18)16-7-10-20-11-8-16/h13-14H,2-12H2,1H3. The Hall–Kier alpha value is -0.250. The van der Waals surface area contributed by atoms with Crippen LogP contribution in [0.4, 0.5) is 0 Å². The van der Waals surface area contributed by atoms with Crippen molar-refractivity contribution in [3.05, 3.63) is 0 Å². The number of nitrogens with zero attached hydrogens (tertiary/aromatic N) is 2. The molecule has 0 aromatic carbocycles. The molecule has 0 aromatic rings. The lowest BCUT2D eigenvalue weighted by atomic mass is 9.98. The molecule has 0 unspecified atom stereocenters. The van der Waals surface area contributed by atoms with Crippen molar-refractivity contribution < 1.29 is 17.9 Å². The van der Waals surface area contributed by atoms with Crippen LogP contribution in [0.1, 0.15) is 12.8 Å². The van der Waals surface area contributed by atoms with E-state index < -0.39 is 10.2 Å². The van der Waals surface area contributed by atoms with Crippen molar-refractivity contribution in [2.75, 3.05) is 66.2 Å². The maximum absolute atomic E-state index is 12.5. The SMILES string of the molecule is COCCNCC1CCN(S(=O)(=O)N2CCOCC2)CC1. The molecule has 0 saturated carbocycles. The lowest BCUT2D eigenvalue weighted by molar-refractivity contribution is 0.0693. The third kappa shape index (κ3) is 4.87. The molecule has 1 N–H and O–H groups in total. The summed E-state index contributed by atoms with van der Waals surface area (Å²) >= 11 is 0. The van der Waals surface area contributed by atoms with E-state index in [4.69, 9.17) is 9.47 Å². The van der Waals surface area contributed by atoms with E-state index in [2.05, 4.69) is 5.32 Å². The zero-order valence-electron chi connectivity index (χ0n) is 12.8. The molecular formula is C13H27N3O4S. The second-order valence-corrected chi connectivity index (χ2v) is 7.49. The van der Waals surface area contributed by atoms with Gasteiger partial charge < -0.3 is 14.8 Å². The highest BCUT2D eigenvalue weighted by Gasteiger charge is 2.33. The fraction of sp³-hybridized carbons (Fsp3) is 1.00. The first kappa shape index (κ1) is 17.1. The summed E-state index contributed by atoms with van der Waals surface area (Å²) in [4.78, 5) is 0. The summed E-state index contributed by atoms with van der Waals surface area (Å²) in [5.74, 6) is 0.554. The summed E-state index contributed by atoms with van der Waals surface area (Å²) in [5.41, 5.74) is 0. The molecule has 0 bridgehead atoms. The number of rotatable bonds is 7. The van der Waals surface area contributed by atoms with E-state index >= 15 is 0 Å². The summed E-state index contributed by atoms with van der Waals surface area (Å²) in [6.45, 7) is 5.69. The Labute approximate surface area is 127 Å². The third-order valence-electron chi connectivity index (χ3n) is 4.11. The Morgan fingerprint density at radius 3 is 2.38 bits per heavy atom. The van der Waals surface area contributed by atoms with Gasteiger partial charge >= 0.3 is 0 Å². The molecule has 2 heterocycles. The maximum atomic E-state index is 12.5. The van der Waals surface area contributed by atoms with E-state index in [9.17, 15) is 8.42 Å². The Bertz CT molecular complexity index is 390. The first-order valence-electron chi connectivity index (χ1n) is 7.67. The Morgan fingerprint density at radius 1 is 1.14 bits per heavy atom. The molecule has 21 heavy (non-hydrogen) atoms. The average molecular weight is 321 g/mol. The van der Waals surface area contributed by atoms with Gasteiger partial charge in [0.15, 0.2) is 0 Å². The first-order chi connectivity index (χ1) is 10.1. The van der Waals surface area contributed by atoms with Gasteiger partial charge in [0.1, 0.15) is 0 Å². The van der Waals surface area contributed by atoms with Gasteiger partial charge in [0.2, 0.25) is 0 Å². The van der Waals surface area contributed by atoms with Crippen molar-refractivity contribution in [1.82, 2.24) is 13.9 Å². The minimum Gasteiger partial charge on any atom is -0.383 e. The smallest absolute Gasteiger partial charge is 0.282 e. The number of piperidine rings is 1. The minimum atomic E-state index is -3.29. The molecule has 124 valence electrons.